The molecule has 8 rings (SSSR count). The molecule has 0 spiro atoms. The van der Waals surface area contributed by atoms with Gasteiger partial charge in [0.2, 0.25) is 0 Å². The van der Waals surface area contributed by atoms with Crippen molar-refractivity contribution in [2.24, 2.45) is 30.7 Å². The number of phenols is 1. The van der Waals surface area contributed by atoms with Crippen LogP contribution in [0.25, 0.3) is 21.5 Å². The average Bonchev–Trinajstić information content (AvgIpc) is 3.53. The van der Waals surface area contributed by atoms with Crippen molar-refractivity contribution in [1.29, 1.82) is 0 Å². The summed E-state index contributed by atoms with van der Waals surface area (Å²) in [5.74, 6) is -2.79. The number of nitrogens with zero attached hydrogens (tertiary/aromatic N) is 6. The summed E-state index contributed by atoms with van der Waals surface area (Å²) in [5, 5.41) is 51.8. The molecule has 7 aromatic carbocycles. The van der Waals surface area contributed by atoms with Crippen molar-refractivity contribution in [3.05, 3.63) is 138 Å². The number of fused-ring (bicyclic) bond motifs is 3. The molecule has 2 amide bonds. The molecule has 0 bridgehead atoms. The molecule has 6 N–H and O–H groups in total. The van der Waals surface area contributed by atoms with Crippen LogP contribution in [-0.2, 0) is 20.2 Å². The number of imide groups is 1. The number of hydrogen-bond donors (Lipinski definition) is 6. The van der Waals surface area contributed by atoms with Crippen molar-refractivity contribution < 1.29 is 50.5 Å². The van der Waals surface area contributed by atoms with Crippen LogP contribution in [0, 0.1) is 6.92 Å². The van der Waals surface area contributed by atoms with Gasteiger partial charge in [0.1, 0.15) is 10.6 Å². The number of aromatic carboxylic acids is 1. The molecule has 1 aliphatic rings. The second kappa shape index (κ2) is 16.1. The Morgan fingerprint density at radius 2 is 1.21 bits per heavy atom. The number of anilines is 2. The molecule has 0 radical (unpaired) electrons. The van der Waals surface area contributed by atoms with Crippen LogP contribution >= 0.6 is 0 Å². The fourth-order valence-electron chi connectivity index (χ4n) is 6.57. The summed E-state index contributed by atoms with van der Waals surface area (Å²) in [5.41, 5.74) is 2.83. The predicted octanol–water partition coefficient (Wildman–Crippen LogP) is 10.1. The second-order valence-corrected chi connectivity index (χ2v) is 16.7. The highest BCUT2D eigenvalue weighted by Crippen LogP contribution is 2.44. The number of amides is 2. The van der Waals surface area contributed by atoms with Crippen molar-refractivity contribution in [1.82, 2.24) is 5.32 Å². The van der Waals surface area contributed by atoms with Gasteiger partial charge in [-0.25, -0.2) is 4.79 Å². The van der Waals surface area contributed by atoms with Crippen LogP contribution in [0.2, 0.25) is 0 Å². The number of carbonyl (C=O) groups excluding carboxylic acids is 2. The molecule has 21 heteroatoms. The number of phenolic OH excluding ortho intramolecular Hbond substituents is 1. The minimum atomic E-state index is -5.01. The van der Waals surface area contributed by atoms with Crippen LogP contribution < -0.4 is 10.6 Å². The number of carbonyl (C=O) groups is 3. The van der Waals surface area contributed by atoms with Gasteiger partial charge in [-0.3, -0.25) is 24.0 Å². The molecule has 19 nitrogen and oxygen atoms in total. The van der Waals surface area contributed by atoms with Crippen molar-refractivity contribution in [3.63, 3.8) is 0 Å². The summed E-state index contributed by atoms with van der Waals surface area (Å²) in [6.45, 7) is 1.76. The molecule has 1 aliphatic heterocycles. The first-order valence-electron chi connectivity index (χ1n) is 18.2. The minimum absolute atomic E-state index is 0.0587. The van der Waals surface area contributed by atoms with E-state index in [9.17, 15) is 50.5 Å². The minimum Gasteiger partial charge on any atom is -0.505 e. The summed E-state index contributed by atoms with van der Waals surface area (Å²) in [6, 6.07) is 27.3. The van der Waals surface area contributed by atoms with E-state index < -0.39 is 59.2 Å². The van der Waals surface area contributed by atoms with Gasteiger partial charge in [-0.2, -0.15) is 32.2 Å². The lowest BCUT2D eigenvalue weighted by Gasteiger charge is -2.12. The zero-order valence-electron chi connectivity index (χ0n) is 32.1. The lowest BCUT2D eigenvalue weighted by atomic mass is 10.1. The number of azo groups is 3. The van der Waals surface area contributed by atoms with Crippen LogP contribution in [0.3, 0.4) is 0 Å². The lowest BCUT2D eigenvalue weighted by Crippen LogP contribution is -2.19. The Bertz CT molecular complexity index is 3450. The maximum atomic E-state index is 12.6. The normalized spacial score (nSPS) is 13.1. The Balaban J connectivity index is 1.12. The zero-order chi connectivity index (χ0) is 44.8. The van der Waals surface area contributed by atoms with E-state index in [-0.39, 0.29) is 49.6 Å². The quantitative estimate of drug-likeness (QED) is 0.0402. The van der Waals surface area contributed by atoms with Crippen molar-refractivity contribution >= 4 is 105 Å². The van der Waals surface area contributed by atoms with Crippen LogP contribution in [0.1, 0.15) is 36.6 Å². The highest BCUT2D eigenvalue weighted by Gasteiger charge is 2.27. The topological polar surface area (TPSA) is 299 Å². The lowest BCUT2D eigenvalue weighted by molar-refractivity contribution is 0.0696. The van der Waals surface area contributed by atoms with Gasteiger partial charge in [-0.1, -0.05) is 12.1 Å². The van der Waals surface area contributed by atoms with Crippen LogP contribution in [0.4, 0.5) is 45.5 Å². The number of benzene rings is 7. The molecule has 0 atom stereocenters. The number of rotatable bonds is 11. The fraction of sp³-hybridized carbons (Fsp3) is 0.0238. The summed E-state index contributed by atoms with van der Waals surface area (Å²) in [7, 11) is -9.74. The number of carboxylic acids is 1. The molecule has 314 valence electrons. The van der Waals surface area contributed by atoms with E-state index >= 15 is 0 Å². The van der Waals surface area contributed by atoms with E-state index in [2.05, 4.69) is 41.3 Å². The van der Waals surface area contributed by atoms with E-state index in [1.807, 2.05) is 0 Å². The van der Waals surface area contributed by atoms with Crippen molar-refractivity contribution in [3.8, 4) is 5.75 Å². The largest absolute Gasteiger partial charge is 0.505 e. The molecule has 0 aromatic heterocycles. The molecular formula is C42H28N8O11S2. The smallest absolute Gasteiger partial charge is 0.335 e. The Morgan fingerprint density at radius 1 is 0.587 bits per heavy atom. The summed E-state index contributed by atoms with van der Waals surface area (Å²) < 4.78 is 69.5. The molecule has 0 saturated carbocycles. The summed E-state index contributed by atoms with van der Waals surface area (Å²) in [6.07, 6.45) is 0. The third-order valence-electron chi connectivity index (χ3n) is 9.69. The molecule has 7 aromatic rings. The van der Waals surface area contributed by atoms with Gasteiger partial charge in [0.15, 0.2) is 5.75 Å². The number of nitrogens with one attached hydrogen (secondary N) is 2. The van der Waals surface area contributed by atoms with Gasteiger partial charge in [-0.05, 0) is 121 Å². The third-order valence-corrected chi connectivity index (χ3v) is 11.4. The van der Waals surface area contributed by atoms with E-state index in [1.165, 1.54) is 66.7 Å². The molecule has 1 heterocycles. The SMILES string of the molecule is Cc1cc(N=Nc2ccc(N=Nc3c(S(=O)(=O)O)cc4ccc(Nc5ccc(C(=O)O)cc5)cc4c3O)c3cc(S(=O)(=O)O)ccc23)ccc1N=Nc1ccc2c(c1)C(=O)NC2=O. The van der Waals surface area contributed by atoms with E-state index in [1.54, 1.807) is 37.3 Å². The Kier molecular flexibility index (Phi) is 10.6. The predicted molar refractivity (Wildman–Crippen MR) is 228 cm³/mol. The van der Waals surface area contributed by atoms with Gasteiger partial charge in [0.05, 0.1) is 50.0 Å². The summed E-state index contributed by atoms with van der Waals surface area (Å²) >= 11 is 0. The van der Waals surface area contributed by atoms with Crippen molar-refractivity contribution in [2.45, 2.75) is 16.7 Å². The number of carboxylic acid groups (broad SMARTS) is 1. The Labute approximate surface area is 355 Å². The fourth-order valence-corrected chi connectivity index (χ4v) is 7.73. The van der Waals surface area contributed by atoms with Gasteiger partial charge in [0, 0.05) is 27.5 Å². The van der Waals surface area contributed by atoms with Gasteiger partial charge in [0.25, 0.3) is 32.1 Å². The maximum Gasteiger partial charge on any atom is 0.335 e. The molecule has 0 saturated heterocycles. The van der Waals surface area contributed by atoms with Gasteiger partial charge in [-0.15, -0.1) is 15.3 Å². The number of aromatic hydroxyl groups is 1. The first-order valence-corrected chi connectivity index (χ1v) is 21.1. The maximum absolute atomic E-state index is 12.6. The first kappa shape index (κ1) is 41.6. The highest BCUT2D eigenvalue weighted by molar-refractivity contribution is 7.86. The molecule has 0 aliphatic carbocycles. The van der Waals surface area contributed by atoms with E-state index in [4.69, 9.17) is 0 Å². The first-order chi connectivity index (χ1) is 29.9. The van der Waals surface area contributed by atoms with E-state index in [0.717, 1.165) is 18.2 Å². The van der Waals surface area contributed by atoms with Crippen LogP contribution in [0.5, 0.6) is 5.75 Å². The molecule has 0 fully saturated rings. The Morgan fingerprint density at radius 3 is 1.89 bits per heavy atom. The van der Waals surface area contributed by atoms with Crippen LogP contribution in [-0.4, -0.2) is 53.9 Å². The van der Waals surface area contributed by atoms with Gasteiger partial charge < -0.3 is 15.5 Å². The Hall–Kier alpha value is -8.11. The second-order valence-electron chi connectivity index (χ2n) is 13.9. The van der Waals surface area contributed by atoms with Crippen molar-refractivity contribution in [2.75, 3.05) is 5.32 Å². The highest BCUT2D eigenvalue weighted by atomic mass is 32.2. The standard InChI is InChI=1S/C42H28N8O11S2/c1-21-16-26(9-13-34(21)47-46-27-8-11-30-33(19-27)41(53)44-40(30)52)45-48-35-14-15-36(32-20-28(62(56,57)58)10-12-29(32)35)49-50-38-37(63(59,60)61)17-23-4-7-25(18-31(23)39(38)51)43-24-5-2-22(3-6-24)42(54)55/h2-20,43,51H,1H3,(H,54,55)(H,44,52,53)(H,56,57,58)(H,59,60,61). The summed E-state index contributed by atoms with van der Waals surface area (Å²) in [4.78, 5) is 33.8. The van der Waals surface area contributed by atoms with E-state index in [0.29, 0.717) is 34.0 Å². The van der Waals surface area contributed by atoms with Crippen LogP contribution in [0.15, 0.2) is 156 Å². The molecular weight excluding hydrogens is 857 g/mol. The number of hydrogen-bond acceptors (Lipinski definition) is 15. The number of aryl methyl sites for hydroxylation is 1. The molecule has 0 unspecified atom stereocenters. The molecule has 63 heavy (non-hydrogen) atoms. The third kappa shape index (κ3) is 8.60. The average molecular weight is 885 g/mol. The van der Waals surface area contributed by atoms with Gasteiger partial charge >= 0.3 is 5.97 Å². The zero-order valence-corrected chi connectivity index (χ0v) is 33.7. The monoisotopic (exact) mass is 884 g/mol.